The topological polar surface area (TPSA) is 143 Å². The van der Waals surface area contributed by atoms with Gasteiger partial charge in [-0.2, -0.15) is 5.26 Å². The zero-order valence-electron chi connectivity index (χ0n) is 20.4. The Labute approximate surface area is 214 Å². The van der Waals surface area contributed by atoms with Gasteiger partial charge in [0.15, 0.2) is 6.10 Å². The normalized spacial score (nSPS) is 18.1. The first-order chi connectivity index (χ1) is 17.1. The largest absolute Gasteiger partial charge is 0.508 e. The number of thioether (sulfide) groups is 1. The van der Waals surface area contributed by atoms with Crippen molar-refractivity contribution >= 4 is 29.5 Å². The molecule has 1 unspecified atom stereocenters. The molecule has 1 heterocycles. The van der Waals surface area contributed by atoms with Crippen molar-refractivity contribution < 1.29 is 24.6 Å². The van der Waals surface area contributed by atoms with Gasteiger partial charge in [-0.1, -0.05) is 36.4 Å². The van der Waals surface area contributed by atoms with Gasteiger partial charge in [-0.25, -0.2) is 0 Å². The highest BCUT2D eigenvalue weighted by molar-refractivity contribution is 8.00. The average Bonchev–Trinajstić information content (AvgIpc) is 3.18. The molecule has 2 aromatic rings. The molecule has 4 N–H and O–H groups in total. The van der Waals surface area contributed by atoms with Crippen LogP contribution in [0.15, 0.2) is 48.5 Å². The van der Waals surface area contributed by atoms with Crippen molar-refractivity contribution in [2.24, 2.45) is 0 Å². The van der Waals surface area contributed by atoms with Crippen LogP contribution < -0.4 is 10.6 Å². The lowest BCUT2D eigenvalue weighted by molar-refractivity contribution is -0.147. The number of amides is 3. The summed E-state index contributed by atoms with van der Waals surface area (Å²) in [4.78, 5) is 40.7. The van der Waals surface area contributed by atoms with Crippen LogP contribution in [0.4, 0.5) is 0 Å². The highest BCUT2D eigenvalue weighted by Gasteiger charge is 2.49. The number of aliphatic hydroxyl groups excluding tert-OH is 1. The SMILES string of the molecule is Cc1c(O)cccc1C(=O)NC(Cc1ccccc1)[C@H](O)C(=O)N1CSC(C)(C)[C@H]1C(=O)NCC#N. The Kier molecular flexibility index (Phi) is 8.61. The molecule has 0 radical (unpaired) electrons. The van der Waals surface area contributed by atoms with Crippen LogP contribution in [-0.2, 0) is 16.0 Å². The van der Waals surface area contributed by atoms with E-state index in [2.05, 4.69) is 10.6 Å². The monoisotopic (exact) mass is 510 g/mol. The third-order valence-corrected chi connectivity index (χ3v) is 7.59. The number of phenols is 1. The Morgan fingerprint density at radius 3 is 2.56 bits per heavy atom. The van der Waals surface area contributed by atoms with Gasteiger partial charge in [-0.05, 0) is 44.9 Å². The number of nitrogens with zero attached hydrogens (tertiary/aromatic N) is 2. The average molecular weight is 511 g/mol. The van der Waals surface area contributed by atoms with Crippen LogP contribution in [0, 0.1) is 18.3 Å². The van der Waals surface area contributed by atoms with Gasteiger partial charge in [-0.3, -0.25) is 14.4 Å². The summed E-state index contributed by atoms with van der Waals surface area (Å²) in [5.41, 5.74) is 1.39. The lowest BCUT2D eigenvalue weighted by Crippen LogP contribution is -2.58. The van der Waals surface area contributed by atoms with Crippen molar-refractivity contribution in [1.82, 2.24) is 15.5 Å². The van der Waals surface area contributed by atoms with Gasteiger partial charge in [0.05, 0.1) is 18.0 Å². The van der Waals surface area contributed by atoms with E-state index in [1.54, 1.807) is 19.1 Å². The van der Waals surface area contributed by atoms with Crippen molar-refractivity contribution in [2.45, 2.75) is 50.1 Å². The molecule has 190 valence electrons. The molecule has 0 aromatic heterocycles. The molecule has 3 atom stereocenters. The molecule has 10 heteroatoms. The molecule has 2 aromatic carbocycles. The third kappa shape index (κ3) is 5.98. The van der Waals surface area contributed by atoms with E-state index in [4.69, 9.17) is 5.26 Å². The Balaban J connectivity index is 1.88. The zero-order chi connectivity index (χ0) is 26.5. The quantitative estimate of drug-likeness (QED) is 0.396. The van der Waals surface area contributed by atoms with E-state index in [1.165, 1.54) is 22.7 Å². The van der Waals surface area contributed by atoms with Crippen LogP contribution in [0.3, 0.4) is 0 Å². The predicted molar refractivity (Wildman–Crippen MR) is 136 cm³/mol. The second-order valence-corrected chi connectivity index (χ2v) is 10.7. The molecule has 0 saturated carbocycles. The molecular formula is C26H30N4O5S. The van der Waals surface area contributed by atoms with E-state index in [1.807, 2.05) is 50.2 Å². The van der Waals surface area contributed by atoms with Crippen LogP contribution in [0.1, 0.15) is 35.3 Å². The smallest absolute Gasteiger partial charge is 0.254 e. The van der Waals surface area contributed by atoms with Crippen LogP contribution >= 0.6 is 11.8 Å². The van der Waals surface area contributed by atoms with Crippen molar-refractivity contribution in [1.29, 1.82) is 5.26 Å². The van der Waals surface area contributed by atoms with E-state index in [-0.39, 0.29) is 30.2 Å². The van der Waals surface area contributed by atoms with Gasteiger partial charge < -0.3 is 25.7 Å². The first kappa shape index (κ1) is 27.0. The first-order valence-electron chi connectivity index (χ1n) is 11.5. The molecule has 36 heavy (non-hydrogen) atoms. The lowest BCUT2D eigenvalue weighted by Gasteiger charge is -2.33. The summed E-state index contributed by atoms with van der Waals surface area (Å²) >= 11 is 1.39. The number of nitrogens with one attached hydrogen (secondary N) is 2. The summed E-state index contributed by atoms with van der Waals surface area (Å²) in [6, 6.07) is 13.6. The summed E-state index contributed by atoms with van der Waals surface area (Å²) < 4.78 is -0.647. The second kappa shape index (κ2) is 11.5. The fourth-order valence-corrected chi connectivity index (χ4v) is 5.34. The number of aromatic hydroxyl groups is 1. The summed E-state index contributed by atoms with van der Waals surface area (Å²) in [6.07, 6.45) is -1.49. The van der Waals surface area contributed by atoms with Gasteiger partial charge in [0.2, 0.25) is 5.91 Å². The van der Waals surface area contributed by atoms with E-state index in [0.717, 1.165) is 5.56 Å². The number of benzene rings is 2. The summed E-state index contributed by atoms with van der Waals surface area (Å²) in [5.74, 6) is -1.59. The van der Waals surface area contributed by atoms with Crippen LogP contribution in [-0.4, -0.2) is 68.2 Å². The maximum atomic E-state index is 13.5. The number of rotatable bonds is 8. The van der Waals surface area contributed by atoms with Gasteiger partial charge in [-0.15, -0.1) is 11.8 Å². The Morgan fingerprint density at radius 2 is 1.89 bits per heavy atom. The number of hydrogen-bond donors (Lipinski definition) is 4. The molecular weight excluding hydrogens is 480 g/mol. The number of carbonyl (C=O) groups excluding carboxylic acids is 3. The number of aliphatic hydroxyl groups is 1. The van der Waals surface area contributed by atoms with Crippen molar-refractivity contribution in [3.8, 4) is 11.8 Å². The summed E-state index contributed by atoms with van der Waals surface area (Å²) in [6.45, 7) is 5.05. The summed E-state index contributed by atoms with van der Waals surface area (Å²) in [5, 5.41) is 35.3. The number of hydrogen-bond acceptors (Lipinski definition) is 7. The highest BCUT2D eigenvalue weighted by Crippen LogP contribution is 2.39. The first-order valence-corrected chi connectivity index (χ1v) is 12.5. The van der Waals surface area contributed by atoms with E-state index in [9.17, 15) is 24.6 Å². The second-order valence-electron chi connectivity index (χ2n) is 9.13. The molecule has 3 rings (SSSR count). The van der Waals surface area contributed by atoms with Crippen LogP contribution in [0.5, 0.6) is 5.75 Å². The lowest BCUT2D eigenvalue weighted by atomic mass is 9.96. The number of phenolic OH excluding ortho intramolecular Hbond substituents is 1. The Morgan fingerprint density at radius 1 is 1.19 bits per heavy atom. The standard InChI is InChI=1S/C26H30N4O5S/c1-16-18(10-7-11-20(16)31)23(33)29-19(14-17-8-5-4-6-9-17)21(32)25(35)30-15-36-26(2,3)22(30)24(34)28-13-12-27/h4-11,19,21-22,31-32H,13-15H2,1-3H3,(H,28,34)(H,29,33)/t19?,21-,22+/m0/s1. The number of nitriles is 1. The van der Waals surface area contributed by atoms with Gasteiger partial charge in [0.25, 0.3) is 11.8 Å². The Bertz CT molecular complexity index is 1160. The van der Waals surface area contributed by atoms with Crippen molar-refractivity contribution in [3.05, 3.63) is 65.2 Å². The highest BCUT2D eigenvalue weighted by atomic mass is 32.2. The molecule has 3 amide bonds. The fraction of sp³-hybridized carbons (Fsp3) is 0.385. The number of carbonyl (C=O) groups is 3. The molecule has 9 nitrogen and oxygen atoms in total. The van der Waals surface area contributed by atoms with Crippen molar-refractivity contribution in [2.75, 3.05) is 12.4 Å². The summed E-state index contributed by atoms with van der Waals surface area (Å²) in [7, 11) is 0. The molecule has 0 aliphatic carbocycles. The molecule has 1 fully saturated rings. The molecule has 0 bridgehead atoms. The van der Waals surface area contributed by atoms with Crippen LogP contribution in [0.2, 0.25) is 0 Å². The fourth-order valence-electron chi connectivity index (χ4n) is 4.20. The van der Waals surface area contributed by atoms with Gasteiger partial charge >= 0.3 is 0 Å². The van der Waals surface area contributed by atoms with E-state index < -0.39 is 40.7 Å². The molecule has 1 aliphatic heterocycles. The zero-order valence-corrected chi connectivity index (χ0v) is 21.2. The minimum Gasteiger partial charge on any atom is -0.508 e. The van der Waals surface area contributed by atoms with Gasteiger partial charge in [0.1, 0.15) is 18.3 Å². The van der Waals surface area contributed by atoms with E-state index in [0.29, 0.717) is 5.56 Å². The maximum Gasteiger partial charge on any atom is 0.254 e. The molecule has 1 aliphatic rings. The third-order valence-electron chi connectivity index (χ3n) is 6.22. The minimum absolute atomic E-state index is 0.0403. The Hall–Kier alpha value is -3.55. The minimum atomic E-state index is -1.65. The van der Waals surface area contributed by atoms with Crippen LogP contribution in [0.25, 0.3) is 0 Å². The molecule has 0 spiro atoms. The predicted octanol–water partition coefficient (Wildman–Crippen LogP) is 1.72. The van der Waals surface area contributed by atoms with Gasteiger partial charge in [0, 0.05) is 15.9 Å². The maximum absolute atomic E-state index is 13.5. The van der Waals surface area contributed by atoms with Crippen molar-refractivity contribution in [3.63, 3.8) is 0 Å². The van der Waals surface area contributed by atoms with E-state index >= 15 is 0 Å². The molecule has 1 saturated heterocycles.